The van der Waals surface area contributed by atoms with E-state index in [9.17, 15) is 0 Å². The van der Waals surface area contributed by atoms with Gasteiger partial charge in [0.15, 0.2) is 0 Å². The third-order valence-corrected chi connectivity index (χ3v) is 3.37. The van der Waals surface area contributed by atoms with Gasteiger partial charge in [-0.3, -0.25) is 0 Å². The summed E-state index contributed by atoms with van der Waals surface area (Å²) in [7, 11) is 0. The zero-order valence-corrected chi connectivity index (χ0v) is 11.4. The third kappa shape index (κ3) is 3.74. The predicted molar refractivity (Wildman–Crippen MR) is 76.6 cm³/mol. The molecule has 2 nitrogen and oxygen atoms in total. The Labute approximate surface area is 106 Å². The van der Waals surface area contributed by atoms with E-state index in [-0.39, 0.29) is 0 Å². The standard InChI is InChI=1S/C15H26N2/c1-4-6-10-14(12-16)17(5-2)15-11-8-7-9-13(15)3/h7-9,11,14H,4-6,10,12,16H2,1-3H3. The summed E-state index contributed by atoms with van der Waals surface area (Å²) < 4.78 is 0. The first-order valence-electron chi connectivity index (χ1n) is 6.76. The van der Waals surface area contributed by atoms with Gasteiger partial charge in [0, 0.05) is 24.8 Å². The second-order valence-electron chi connectivity index (χ2n) is 4.60. The second-order valence-corrected chi connectivity index (χ2v) is 4.60. The lowest BCUT2D eigenvalue weighted by Gasteiger charge is -2.33. The van der Waals surface area contributed by atoms with E-state index in [0.717, 1.165) is 13.1 Å². The van der Waals surface area contributed by atoms with Crippen LogP contribution in [0.4, 0.5) is 5.69 Å². The lowest BCUT2D eigenvalue weighted by Crippen LogP contribution is -2.41. The normalized spacial score (nSPS) is 12.5. The molecular weight excluding hydrogens is 208 g/mol. The molecule has 0 aliphatic heterocycles. The van der Waals surface area contributed by atoms with Crippen LogP contribution in [-0.4, -0.2) is 19.1 Å². The number of unbranched alkanes of at least 4 members (excludes halogenated alkanes) is 1. The summed E-state index contributed by atoms with van der Waals surface area (Å²) >= 11 is 0. The van der Waals surface area contributed by atoms with Gasteiger partial charge < -0.3 is 10.6 Å². The van der Waals surface area contributed by atoms with Crippen LogP contribution in [0.5, 0.6) is 0 Å². The maximum atomic E-state index is 5.94. The number of nitrogens with two attached hydrogens (primary N) is 1. The monoisotopic (exact) mass is 234 g/mol. The van der Waals surface area contributed by atoms with Crippen LogP contribution < -0.4 is 10.6 Å². The fraction of sp³-hybridized carbons (Fsp3) is 0.600. The molecule has 0 fully saturated rings. The Balaban J connectivity index is 2.85. The van der Waals surface area contributed by atoms with Crippen molar-refractivity contribution < 1.29 is 0 Å². The van der Waals surface area contributed by atoms with Crippen LogP contribution in [0.25, 0.3) is 0 Å². The van der Waals surface area contributed by atoms with Gasteiger partial charge >= 0.3 is 0 Å². The largest absolute Gasteiger partial charge is 0.367 e. The van der Waals surface area contributed by atoms with Gasteiger partial charge in [-0.25, -0.2) is 0 Å². The van der Waals surface area contributed by atoms with Crippen LogP contribution >= 0.6 is 0 Å². The highest BCUT2D eigenvalue weighted by Crippen LogP contribution is 2.23. The molecule has 0 radical (unpaired) electrons. The Kier molecular flexibility index (Phi) is 6.06. The van der Waals surface area contributed by atoms with Crippen molar-refractivity contribution in [3.63, 3.8) is 0 Å². The summed E-state index contributed by atoms with van der Waals surface area (Å²) in [6, 6.07) is 9.05. The lowest BCUT2D eigenvalue weighted by atomic mass is 10.1. The zero-order chi connectivity index (χ0) is 12.7. The summed E-state index contributed by atoms with van der Waals surface area (Å²) in [5.74, 6) is 0. The van der Waals surface area contributed by atoms with E-state index < -0.39 is 0 Å². The molecule has 17 heavy (non-hydrogen) atoms. The maximum absolute atomic E-state index is 5.94. The molecular formula is C15H26N2. The van der Waals surface area contributed by atoms with Crippen molar-refractivity contribution in [1.82, 2.24) is 0 Å². The highest BCUT2D eigenvalue weighted by Gasteiger charge is 2.16. The van der Waals surface area contributed by atoms with Crippen molar-refractivity contribution in [2.75, 3.05) is 18.0 Å². The summed E-state index contributed by atoms with van der Waals surface area (Å²) in [5, 5.41) is 0. The van der Waals surface area contributed by atoms with Gasteiger partial charge in [0.25, 0.3) is 0 Å². The molecule has 2 N–H and O–H groups in total. The van der Waals surface area contributed by atoms with Crippen molar-refractivity contribution in [3.8, 4) is 0 Å². The summed E-state index contributed by atoms with van der Waals surface area (Å²) in [4.78, 5) is 2.45. The number of para-hydroxylation sites is 1. The molecule has 96 valence electrons. The van der Waals surface area contributed by atoms with Gasteiger partial charge in [-0.15, -0.1) is 0 Å². The average Bonchev–Trinajstić information content (AvgIpc) is 2.36. The minimum atomic E-state index is 0.473. The van der Waals surface area contributed by atoms with E-state index in [4.69, 9.17) is 5.73 Å². The second kappa shape index (κ2) is 7.33. The van der Waals surface area contributed by atoms with E-state index >= 15 is 0 Å². The van der Waals surface area contributed by atoms with Gasteiger partial charge in [-0.2, -0.15) is 0 Å². The van der Waals surface area contributed by atoms with Crippen LogP contribution in [0, 0.1) is 6.92 Å². The van der Waals surface area contributed by atoms with E-state index in [2.05, 4.69) is 49.9 Å². The van der Waals surface area contributed by atoms with Gasteiger partial charge in [0.2, 0.25) is 0 Å². The molecule has 1 rings (SSSR count). The molecule has 0 saturated heterocycles. The summed E-state index contributed by atoms with van der Waals surface area (Å²) in [5.41, 5.74) is 8.61. The van der Waals surface area contributed by atoms with Crippen molar-refractivity contribution in [3.05, 3.63) is 29.8 Å². The lowest BCUT2D eigenvalue weighted by molar-refractivity contribution is 0.539. The molecule has 0 aliphatic rings. The number of nitrogens with zero attached hydrogens (tertiary/aromatic N) is 1. The summed E-state index contributed by atoms with van der Waals surface area (Å²) in [6.45, 7) is 8.38. The fourth-order valence-corrected chi connectivity index (χ4v) is 2.35. The minimum absolute atomic E-state index is 0.473. The highest BCUT2D eigenvalue weighted by molar-refractivity contribution is 5.53. The van der Waals surface area contributed by atoms with Crippen LogP contribution in [-0.2, 0) is 0 Å². The Morgan fingerprint density at radius 2 is 1.94 bits per heavy atom. The van der Waals surface area contributed by atoms with Crippen molar-refractivity contribution in [2.24, 2.45) is 5.73 Å². The smallest absolute Gasteiger partial charge is 0.0412 e. The van der Waals surface area contributed by atoms with Gasteiger partial charge in [0.05, 0.1) is 0 Å². The van der Waals surface area contributed by atoms with E-state index in [1.54, 1.807) is 0 Å². The first-order valence-corrected chi connectivity index (χ1v) is 6.76. The highest BCUT2D eigenvalue weighted by atomic mass is 15.2. The number of rotatable bonds is 7. The van der Waals surface area contributed by atoms with Crippen molar-refractivity contribution >= 4 is 5.69 Å². The Hall–Kier alpha value is -1.02. The van der Waals surface area contributed by atoms with Gasteiger partial charge in [0.1, 0.15) is 0 Å². The molecule has 0 aliphatic carbocycles. The molecule has 0 amide bonds. The topological polar surface area (TPSA) is 29.3 Å². The molecule has 0 heterocycles. The number of hydrogen-bond donors (Lipinski definition) is 1. The van der Waals surface area contributed by atoms with Gasteiger partial charge in [-0.1, -0.05) is 38.0 Å². The van der Waals surface area contributed by atoms with Crippen LogP contribution in [0.3, 0.4) is 0 Å². The van der Waals surface area contributed by atoms with E-state index in [1.807, 2.05) is 0 Å². The number of benzene rings is 1. The maximum Gasteiger partial charge on any atom is 0.0412 e. The quantitative estimate of drug-likeness (QED) is 0.784. The van der Waals surface area contributed by atoms with Gasteiger partial charge in [-0.05, 0) is 31.9 Å². The Morgan fingerprint density at radius 3 is 2.47 bits per heavy atom. The molecule has 0 spiro atoms. The molecule has 1 atom stereocenters. The number of aryl methyl sites for hydroxylation is 1. The first-order chi connectivity index (χ1) is 8.24. The SMILES string of the molecule is CCCCC(CN)N(CC)c1ccccc1C. The molecule has 1 aromatic rings. The fourth-order valence-electron chi connectivity index (χ4n) is 2.35. The predicted octanol–water partition coefficient (Wildman–Crippen LogP) is 3.34. The van der Waals surface area contributed by atoms with Crippen molar-refractivity contribution in [1.29, 1.82) is 0 Å². The minimum Gasteiger partial charge on any atom is -0.367 e. The molecule has 1 unspecified atom stereocenters. The van der Waals surface area contributed by atoms with E-state index in [1.165, 1.54) is 30.5 Å². The molecule has 1 aromatic carbocycles. The Bertz CT molecular complexity index is 322. The zero-order valence-electron chi connectivity index (χ0n) is 11.4. The summed E-state index contributed by atoms with van der Waals surface area (Å²) in [6.07, 6.45) is 3.68. The van der Waals surface area contributed by atoms with E-state index in [0.29, 0.717) is 6.04 Å². The molecule has 0 saturated carbocycles. The molecule has 0 bridgehead atoms. The van der Waals surface area contributed by atoms with Crippen molar-refractivity contribution in [2.45, 2.75) is 46.1 Å². The van der Waals surface area contributed by atoms with Crippen LogP contribution in [0.15, 0.2) is 24.3 Å². The number of hydrogen-bond acceptors (Lipinski definition) is 2. The molecule has 2 heteroatoms. The third-order valence-electron chi connectivity index (χ3n) is 3.37. The Morgan fingerprint density at radius 1 is 1.24 bits per heavy atom. The molecule has 0 aromatic heterocycles. The number of likely N-dealkylation sites (N-methyl/N-ethyl adjacent to an activating group) is 1. The average molecular weight is 234 g/mol. The number of anilines is 1. The first kappa shape index (κ1) is 14.0. The van der Waals surface area contributed by atoms with Crippen LogP contribution in [0.2, 0.25) is 0 Å². The van der Waals surface area contributed by atoms with Crippen LogP contribution in [0.1, 0.15) is 38.7 Å².